The fraction of sp³-hybridized carbons (Fsp3) is 0.278. The van der Waals surface area contributed by atoms with E-state index in [9.17, 15) is 13.2 Å². The van der Waals surface area contributed by atoms with E-state index < -0.39 is 10.0 Å². The number of nitrogens with one attached hydrogen (secondary N) is 1. The number of thioether (sulfide) groups is 1. The van der Waals surface area contributed by atoms with Crippen molar-refractivity contribution in [3.05, 3.63) is 58.7 Å². The maximum absolute atomic E-state index is 12.3. The van der Waals surface area contributed by atoms with Crippen LogP contribution in [0, 0.1) is 20.8 Å². The second-order valence-corrected chi connectivity index (χ2v) is 8.58. The summed E-state index contributed by atoms with van der Waals surface area (Å²) >= 11 is 1.65. The van der Waals surface area contributed by atoms with E-state index in [1.54, 1.807) is 31.7 Å². The van der Waals surface area contributed by atoms with Gasteiger partial charge in [0.1, 0.15) is 0 Å². The number of carbonyl (C=O) groups is 1. The predicted octanol–water partition coefficient (Wildman–Crippen LogP) is 2.78. The molecule has 5 nitrogen and oxygen atoms in total. The Morgan fingerprint density at radius 3 is 2.36 bits per heavy atom. The Morgan fingerprint density at radius 2 is 1.76 bits per heavy atom. The quantitative estimate of drug-likeness (QED) is 0.597. The minimum atomic E-state index is -3.86. The van der Waals surface area contributed by atoms with Gasteiger partial charge >= 0.3 is 0 Å². The van der Waals surface area contributed by atoms with Crippen molar-refractivity contribution >= 4 is 27.7 Å². The predicted molar refractivity (Wildman–Crippen MR) is 102 cm³/mol. The van der Waals surface area contributed by atoms with Crippen LogP contribution < -0.4 is 10.5 Å². The summed E-state index contributed by atoms with van der Waals surface area (Å²) in [5, 5.41) is 8.04. The van der Waals surface area contributed by atoms with Crippen LogP contribution >= 0.6 is 11.8 Å². The average molecular weight is 379 g/mol. The molecule has 0 spiro atoms. The van der Waals surface area contributed by atoms with Crippen molar-refractivity contribution in [2.24, 2.45) is 5.14 Å². The summed E-state index contributed by atoms with van der Waals surface area (Å²) in [5.41, 5.74) is 2.78. The molecule has 134 valence electrons. The molecule has 0 unspecified atom stereocenters. The van der Waals surface area contributed by atoms with Gasteiger partial charge in [-0.15, -0.1) is 11.8 Å². The Hall–Kier alpha value is -1.83. The monoisotopic (exact) mass is 378 g/mol. The maximum atomic E-state index is 12.3. The number of benzene rings is 2. The van der Waals surface area contributed by atoms with Crippen LogP contribution in [0.25, 0.3) is 0 Å². The first-order valence-corrected chi connectivity index (χ1v) is 10.3. The molecule has 25 heavy (non-hydrogen) atoms. The highest BCUT2D eigenvalue weighted by Crippen LogP contribution is 2.20. The van der Waals surface area contributed by atoms with Crippen LogP contribution in [0.2, 0.25) is 0 Å². The molecule has 0 bridgehead atoms. The molecule has 0 heterocycles. The standard InChI is InChI=1S/C18H22N2O3S2/c1-12-4-6-16(7-5-12)24-9-8-20-18(21)15-10-13(2)14(3)17(11-15)25(19,22)23/h4-7,10-11H,8-9H2,1-3H3,(H,20,21)(H2,19,22,23). The van der Waals surface area contributed by atoms with Crippen molar-refractivity contribution in [1.82, 2.24) is 5.32 Å². The molecule has 3 N–H and O–H groups in total. The Morgan fingerprint density at radius 1 is 1.12 bits per heavy atom. The van der Waals surface area contributed by atoms with Crippen LogP contribution in [0.3, 0.4) is 0 Å². The summed E-state index contributed by atoms with van der Waals surface area (Å²) < 4.78 is 23.3. The third-order valence-electron chi connectivity index (χ3n) is 3.87. The fourth-order valence-corrected chi connectivity index (χ4v) is 3.97. The number of aryl methyl sites for hydroxylation is 2. The molecule has 2 aromatic carbocycles. The maximum Gasteiger partial charge on any atom is 0.251 e. The molecule has 2 rings (SSSR count). The fourth-order valence-electron chi connectivity index (χ4n) is 2.32. The van der Waals surface area contributed by atoms with Gasteiger partial charge < -0.3 is 5.32 Å². The van der Waals surface area contributed by atoms with Gasteiger partial charge in [-0.05, 0) is 56.2 Å². The third kappa shape index (κ3) is 5.32. The van der Waals surface area contributed by atoms with Gasteiger partial charge in [0.25, 0.3) is 5.91 Å². The van der Waals surface area contributed by atoms with E-state index in [0.29, 0.717) is 23.2 Å². The van der Waals surface area contributed by atoms with E-state index in [4.69, 9.17) is 5.14 Å². The first kappa shape index (κ1) is 19.5. The highest BCUT2D eigenvalue weighted by Gasteiger charge is 2.17. The molecule has 2 aromatic rings. The van der Waals surface area contributed by atoms with Gasteiger partial charge in [0.15, 0.2) is 0 Å². The summed E-state index contributed by atoms with van der Waals surface area (Å²) in [7, 11) is -3.86. The van der Waals surface area contributed by atoms with Crippen molar-refractivity contribution in [1.29, 1.82) is 0 Å². The van der Waals surface area contributed by atoms with Crippen molar-refractivity contribution < 1.29 is 13.2 Å². The molecule has 0 fully saturated rings. The molecular formula is C18H22N2O3S2. The number of hydrogen-bond acceptors (Lipinski definition) is 4. The zero-order chi connectivity index (χ0) is 18.6. The van der Waals surface area contributed by atoms with Crippen LogP contribution in [0.4, 0.5) is 0 Å². The van der Waals surface area contributed by atoms with E-state index in [2.05, 4.69) is 5.32 Å². The minimum absolute atomic E-state index is 0.00770. The Balaban J connectivity index is 1.99. The zero-order valence-electron chi connectivity index (χ0n) is 14.5. The first-order valence-electron chi connectivity index (χ1n) is 7.80. The van der Waals surface area contributed by atoms with Crippen molar-refractivity contribution in [2.45, 2.75) is 30.6 Å². The Kier molecular flexibility index (Phi) is 6.26. The molecule has 0 atom stereocenters. The molecule has 0 radical (unpaired) electrons. The van der Waals surface area contributed by atoms with E-state index >= 15 is 0 Å². The van der Waals surface area contributed by atoms with Crippen molar-refractivity contribution in [3.63, 3.8) is 0 Å². The van der Waals surface area contributed by atoms with Crippen LogP contribution in [0.1, 0.15) is 27.0 Å². The minimum Gasteiger partial charge on any atom is -0.351 e. The number of primary sulfonamides is 1. The van der Waals surface area contributed by atoms with Crippen LogP contribution in [-0.2, 0) is 10.0 Å². The smallest absolute Gasteiger partial charge is 0.251 e. The molecule has 0 aliphatic carbocycles. The first-order chi connectivity index (χ1) is 11.7. The molecule has 0 saturated heterocycles. The van der Waals surface area contributed by atoms with Gasteiger partial charge in [-0.2, -0.15) is 0 Å². The number of sulfonamides is 1. The normalized spacial score (nSPS) is 11.4. The lowest BCUT2D eigenvalue weighted by molar-refractivity contribution is 0.0956. The van der Waals surface area contributed by atoms with Crippen molar-refractivity contribution in [2.75, 3.05) is 12.3 Å². The summed E-state index contributed by atoms with van der Waals surface area (Å²) in [6.45, 7) is 5.95. The summed E-state index contributed by atoms with van der Waals surface area (Å²) in [5.74, 6) is 0.416. The zero-order valence-corrected chi connectivity index (χ0v) is 16.1. The highest BCUT2D eigenvalue weighted by atomic mass is 32.2. The van der Waals surface area contributed by atoms with Crippen molar-refractivity contribution in [3.8, 4) is 0 Å². The van der Waals surface area contributed by atoms with E-state index in [1.807, 2.05) is 31.2 Å². The molecule has 0 aliphatic rings. The van der Waals surface area contributed by atoms with Gasteiger partial charge in [0.2, 0.25) is 10.0 Å². The van der Waals surface area contributed by atoms with Crippen LogP contribution in [-0.4, -0.2) is 26.6 Å². The lowest BCUT2D eigenvalue weighted by atomic mass is 10.1. The number of carbonyl (C=O) groups excluding carboxylic acids is 1. The van der Waals surface area contributed by atoms with E-state index in [0.717, 1.165) is 10.6 Å². The molecular weight excluding hydrogens is 356 g/mol. The topological polar surface area (TPSA) is 89.3 Å². The van der Waals surface area contributed by atoms with Gasteiger partial charge in [-0.1, -0.05) is 17.7 Å². The summed E-state index contributed by atoms with van der Waals surface area (Å²) in [4.78, 5) is 13.4. The SMILES string of the molecule is Cc1ccc(SCCNC(=O)c2cc(C)c(C)c(S(N)(=O)=O)c2)cc1. The van der Waals surface area contributed by atoms with Crippen LogP contribution in [0.5, 0.6) is 0 Å². The molecule has 7 heteroatoms. The number of hydrogen-bond donors (Lipinski definition) is 2. The van der Waals surface area contributed by atoms with Gasteiger partial charge in [-0.3, -0.25) is 4.79 Å². The lowest BCUT2D eigenvalue weighted by Crippen LogP contribution is -2.26. The molecule has 0 saturated carbocycles. The average Bonchev–Trinajstić information content (AvgIpc) is 2.54. The van der Waals surface area contributed by atoms with E-state index in [-0.39, 0.29) is 10.8 Å². The Bertz CT molecular complexity index is 876. The van der Waals surface area contributed by atoms with Gasteiger partial charge in [-0.25, -0.2) is 13.6 Å². The Labute approximate surface area is 153 Å². The second-order valence-electron chi connectivity index (χ2n) is 5.88. The van der Waals surface area contributed by atoms with Crippen LogP contribution in [0.15, 0.2) is 46.2 Å². The van der Waals surface area contributed by atoms with E-state index in [1.165, 1.54) is 11.6 Å². The highest BCUT2D eigenvalue weighted by molar-refractivity contribution is 7.99. The summed E-state index contributed by atoms with van der Waals surface area (Å²) in [6.07, 6.45) is 0. The summed E-state index contributed by atoms with van der Waals surface area (Å²) in [6, 6.07) is 11.2. The third-order valence-corrected chi connectivity index (χ3v) is 5.92. The number of amides is 1. The largest absolute Gasteiger partial charge is 0.351 e. The lowest BCUT2D eigenvalue weighted by Gasteiger charge is -2.11. The molecule has 0 aromatic heterocycles. The van der Waals surface area contributed by atoms with Gasteiger partial charge in [0, 0.05) is 22.8 Å². The number of rotatable bonds is 6. The number of nitrogens with two attached hydrogens (primary N) is 1. The van der Waals surface area contributed by atoms with Gasteiger partial charge in [0.05, 0.1) is 4.90 Å². The molecule has 0 aliphatic heterocycles. The second kappa shape index (κ2) is 8.03. The molecule has 1 amide bonds.